The zero-order valence-electron chi connectivity index (χ0n) is 18.6. The minimum absolute atomic E-state index is 0.0674. The quantitative estimate of drug-likeness (QED) is 0.368. The summed E-state index contributed by atoms with van der Waals surface area (Å²) in [6.45, 7) is 6.33. The molecule has 0 radical (unpaired) electrons. The second kappa shape index (κ2) is 8.69. The van der Waals surface area contributed by atoms with Crippen molar-refractivity contribution in [3.63, 3.8) is 0 Å². The Hall–Kier alpha value is -2.94. The van der Waals surface area contributed by atoms with Crippen molar-refractivity contribution in [3.8, 4) is 17.0 Å². The monoisotopic (exact) mass is 500 g/mol. The Bertz CT molecular complexity index is 1330. The molecule has 1 saturated heterocycles. The number of ether oxygens (including phenoxy) is 1. The van der Waals surface area contributed by atoms with Crippen LogP contribution in [0.3, 0.4) is 0 Å². The van der Waals surface area contributed by atoms with E-state index in [4.69, 9.17) is 33.7 Å². The minimum Gasteiger partial charge on any atom is -0.483 e. The number of H-pyrrole nitrogens is 1. The van der Waals surface area contributed by atoms with Crippen LogP contribution in [-0.2, 0) is 0 Å². The molecule has 1 fully saturated rings. The minimum atomic E-state index is -0.595. The van der Waals surface area contributed by atoms with Crippen LogP contribution >= 0.6 is 23.2 Å². The van der Waals surface area contributed by atoms with E-state index in [2.05, 4.69) is 32.0 Å². The molecule has 1 aliphatic heterocycles. The summed E-state index contributed by atoms with van der Waals surface area (Å²) >= 11 is 12.5. The first kappa shape index (κ1) is 22.8. The second-order valence-corrected chi connectivity index (χ2v) is 9.77. The van der Waals surface area contributed by atoms with Crippen LogP contribution in [0, 0.1) is 11.2 Å². The van der Waals surface area contributed by atoms with E-state index < -0.39 is 11.9 Å². The van der Waals surface area contributed by atoms with Gasteiger partial charge < -0.3 is 15.4 Å². The molecule has 0 bridgehead atoms. The van der Waals surface area contributed by atoms with Crippen LogP contribution < -0.4 is 15.4 Å². The number of halogens is 3. The van der Waals surface area contributed by atoms with E-state index in [1.807, 2.05) is 12.1 Å². The molecule has 1 aliphatic rings. The Labute approximate surface area is 206 Å². The summed E-state index contributed by atoms with van der Waals surface area (Å²) < 4.78 is 20.7. The molecule has 0 aliphatic carbocycles. The van der Waals surface area contributed by atoms with Gasteiger partial charge in [0.25, 0.3) is 0 Å². The smallest absolute Gasteiger partial charge is 0.167 e. The average Bonchev–Trinajstić information content (AvgIpc) is 3.19. The van der Waals surface area contributed by atoms with Gasteiger partial charge >= 0.3 is 0 Å². The second-order valence-electron chi connectivity index (χ2n) is 8.95. The van der Waals surface area contributed by atoms with Crippen molar-refractivity contribution in [2.45, 2.75) is 20.0 Å². The average molecular weight is 501 g/mol. The molecule has 1 aromatic carbocycles. The highest BCUT2D eigenvalue weighted by Gasteiger charge is 2.38. The maximum Gasteiger partial charge on any atom is 0.167 e. The summed E-state index contributed by atoms with van der Waals surface area (Å²) in [5.74, 6) is 0.437. The molecule has 1 atom stereocenters. The number of fused-ring (bicyclic) bond motifs is 1. The third-order valence-electron chi connectivity index (χ3n) is 6.20. The number of benzene rings is 1. The highest BCUT2D eigenvalue weighted by molar-refractivity contribution is 6.35. The SMILES string of the molecule is C[C@@H](Oc1cc2c(-c3ccc(N4CC(C)(CN)C4)nc3)n[nH]c2cc1F)c1c(Cl)cncc1Cl. The van der Waals surface area contributed by atoms with Crippen molar-refractivity contribution in [3.05, 3.63) is 64.3 Å². The highest BCUT2D eigenvalue weighted by Crippen LogP contribution is 2.37. The van der Waals surface area contributed by atoms with Gasteiger partial charge in [0, 0.05) is 66.2 Å². The van der Waals surface area contributed by atoms with Crippen LogP contribution in [0.1, 0.15) is 25.5 Å². The fraction of sp³-hybridized carbons (Fsp3) is 0.292. The molecule has 4 heterocycles. The molecule has 176 valence electrons. The van der Waals surface area contributed by atoms with Crippen LogP contribution in [0.15, 0.2) is 42.9 Å². The number of hydrogen-bond donors (Lipinski definition) is 2. The van der Waals surface area contributed by atoms with Gasteiger partial charge in [-0.05, 0) is 25.1 Å². The number of nitrogens with one attached hydrogen (secondary N) is 1. The normalized spacial score (nSPS) is 15.9. The first-order chi connectivity index (χ1) is 16.3. The molecule has 3 aromatic heterocycles. The summed E-state index contributed by atoms with van der Waals surface area (Å²) in [5, 5.41) is 8.70. The summed E-state index contributed by atoms with van der Waals surface area (Å²) in [7, 11) is 0. The molecular weight excluding hydrogens is 478 g/mol. The largest absolute Gasteiger partial charge is 0.483 e. The first-order valence-electron chi connectivity index (χ1n) is 10.8. The zero-order valence-corrected chi connectivity index (χ0v) is 20.2. The van der Waals surface area contributed by atoms with E-state index in [0.717, 1.165) is 24.5 Å². The number of anilines is 1. The predicted molar refractivity (Wildman–Crippen MR) is 132 cm³/mol. The predicted octanol–water partition coefficient (Wildman–Crippen LogP) is 5.39. The van der Waals surface area contributed by atoms with Gasteiger partial charge in [0.05, 0.1) is 15.6 Å². The molecule has 0 saturated carbocycles. The summed E-state index contributed by atoms with van der Waals surface area (Å²) in [6, 6.07) is 6.90. The number of pyridine rings is 2. The van der Waals surface area contributed by atoms with E-state index in [1.54, 1.807) is 19.2 Å². The molecule has 0 unspecified atom stereocenters. The van der Waals surface area contributed by atoms with E-state index in [9.17, 15) is 4.39 Å². The van der Waals surface area contributed by atoms with Crippen molar-refractivity contribution < 1.29 is 9.13 Å². The molecule has 3 N–H and O–H groups in total. The van der Waals surface area contributed by atoms with E-state index in [0.29, 0.717) is 38.8 Å². The topological polar surface area (TPSA) is 93.0 Å². The Morgan fingerprint density at radius 3 is 2.59 bits per heavy atom. The van der Waals surface area contributed by atoms with Crippen LogP contribution in [0.2, 0.25) is 10.0 Å². The number of nitrogens with zero attached hydrogens (tertiary/aromatic N) is 4. The number of rotatable bonds is 6. The molecule has 7 nitrogen and oxygen atoms in total. The van der Waals surface area contributed by atoms with Crippen molar-refractivity contribution >= 4 is 39.9 Å². The van der Waals surface area contributed by atoms with Crippen LogP contribution in [0.25, 0.3) is 22.2 Å². The van der Waals surface area contributed by atoms with Gasteiger partial charge in [0.2, 0.25) is 0 Å². The van der Waals surface area contributed by atoms with Crippen molar-refractivity contribution in [1.29, 1.82) is 0 Å². The summed E-state index contributed by atoms with van der Waals surface area (Å²) in [4.78, 5) is 10.7. The number of aromatic amines is 1. The van der Waals surface area contributed by atoms with E-state index in [1.165, 1.54) is 18.5 Å². The lowest BCUT2D eigenvalue weighted by Crippen LogP contribution is -2.58. The van der Waals surface area contributed by atoms with Crippen molar-refractivity contribution in [2.24, 2.45) is 11.1 Å². The van der Waals surface area contributed by atoms with Gasteiger partial charge in [-0.15, -0.1) is 0 Å². The molecule has 10 heteroatoms. The molecule has 34 heavy (non-hydrogen) atoms. The molecular formula is C24H23Cl2FN6O. The molecule has 4 aromatic rings. The van der Waals surface area contributed by atoms with Crippen molar-refractivity contribution in [1.82, 2.24) is 20.2 Å². The number of nitrogens with two attached hydrogens (primary N) is 1. The third kappa shape index (κ3) is 4.06. The Morgan fingerprint density at radius 2 is 1.94 bits per heavy atom. The van der Waals surface area contributed by atoms with Gasteiger partial charge in [-0.1, -0.05) is 30.1 Å². The molecule has 5 rings (SSSR count). The van der Waals surface area contributed by atoms with Crippen LogP contribution in [0.5, 0.6) is 5.75 Å². The fourth-order valence-corrected chi connectivity index (χ4v) is 4.94. The zero-order chi connectivity index (χ0) is 24.0. The lowest BCUT2D eigenvalue weighted by Gasteiger charge is -2.48. The summed E-state index contributed by atoms with van der Waals surface area (Å²) in [5.41, 5.74) is 8.54. The van der Waals surface area contributed by atoms with Crippen LogP contribution in [-0.4, -0.2) is 39.8 Å². The van der Waals surface area contributed by atoms with E-state index >= 15 is 0 Å². The standard InChI is InChI=1S/C24H23Cl2FN6O/c1-13(22-16(25)8-29-9-17(22)26)34-20-5-15-19(6-18(20)27)31-32-23(15)14-3-4-21(30-7-14)33-11-24(2,10-28)12-33/h3-9,13H,10-12,28H2,1-2H3,(H,31,32)/t13-/m1/s1. The Balaban J connectivity index is 1.42. The first-order valence-corrected chi connectivity index (χ1v) is 11.6. The molecule has 0 spiro atoms. The van der Waals surface area contributed by atoms with Gasteiger partial charge in [-0.2, -0.15) is 5.10 Å². The van der Waals surface area contributed by atoms with Crippen LogP contribution in [0.4, 0.5) is 10.2 Å². The maximum atomic E-state index is 14.8. The number of hydrogen-bond acceptors (Lipinski definition) is 6. The van der Waals surface area contributed by atoms with E-state index in [-0.39, 0.29) is 11.2 Å². The maximum absolute atomic E-state index is 14.8. The van der Waals surface area contributed by atoms with Gasteiger partial charge in [0.1, 0.15) is 17.6 Å². The van der Waals surface area contributed by atoms with Crippen molar-refractivity contribution in [2.75, 3.05) is 24.5 Å². The van der Waals surface area contributed by atoms with Gasteiger partial charge in [-0.3, -0.25) is 10.1 Å². The Kier molecular flexibility index (Phi) is 5.83. The number of aromatic nitrogens is 4. The fourth-order valence-electron chi connectivity index (χ4n) is 4.27. The molecule has 0 amide bonds. The van der Waals surface area contributed by atoms with Gasteiger partial charge in [0.15, 0.2) is 11.6 Å². The van der Waals surface area contributed by atoms with Gasteiger partial charge in [-0.25, -0.2) is 9.37 Å². The Morgan fingerprint density at radius 1 is 1.21 bits per heavy atom. The highest BCUT2D eigenvalue weighted by atomic mass is 35.5. The summed E-state index contributed by atoms with van der Waals surface area (Å²) in [6.07, 6.45) is 4.13. The lowest BCUT2D eigenvalue weighted by molar-refractivity contribution is 0.217. The lowest BCUT2D eigenvalue weighted by atomic mass is 9.82. The third-order valence-corrected chi connectivity index (χ3v) is 6.80.